The Morgan fingerprint density at radius 3 is 2.93 bits per heavy atom. The van der Waals surface area contributed by atoms with Gasteiger partial charge in [-0.25, -0.2) is 10.8 Å². The van der Waals surface area contributed by atoms with Crippen LogP contribution in [0.25, 0.3) is 0 Å². The molecule has 1 heterocycles. The minimum Gasteiger partial charge on any atom is -0.478 e. The highest BCUT2D eigenvalue weighted by molar-refractivity contribution is 5.36. The van der Waals surface area contributed by atoms with Crippen LogP contribution in [0.3, 0.4) is 0 Å². The Morgan fingerprint density at radius 1 is 1.50 bits per heavy atom. The first-order valence-electron chi connectivity index (χ1n) is 4.71. The molecule has 5 nitrogen and oxygen atoms in total. The van der Waals surface area contributed by atoms with Crippen molar-refractivity contribution in [3.8, 4) is 5.88 Å². The third-order valence-corrected chi connectivity index (χ3v) is 1.71. The number of rotatable bonds is 5. The molecule has 0 saturated carbocycles. The van der Waals surface area contributed by atoms with Gasteiger partial charge in [0, 0.05) is 6.07 Å². The van der Waals surface area contributed by atoms with Gasteiger partial charge in [0.15, 0.2) is 0 Å². The van der Waals surface area contributed by atoms with E-state index in [9.17, 15) is 0 Å². The highest BCUT2D eigenvalue weighted by Gasteiger charge is 2.00. The van der Waals surface area contributed by atoms with Crippen LogP contribution < -0.4 is 16.0 Å². The number of aryl methyl sites for hydroxylation is 1. The molecule has 0 fully saturated rings. The fraction of sp³-hybridized carbons (Fsp3) is 0.556. The summed E-state index contributed by atoms with van der Waals surface area (Å²) in [6.45, 7) is 4.59. The van der Waals surface area contributed by atoms with Crippen molar-refractivity contribution in [2.24, 2.45) is 5.84 Å². The van der Waals surface area contributed by atoms with E-state index in [1.54, 1.807) is 13.0 Å². The molecule has 0 aliphatic heterocycles. The summed E-state index contributed by atoms with van der Waals surface area (Å²) in [7, 11) is 0. The second kappa shape index (κ2) is 5.39. The molecule has 78 valence electrons. The molecule has 0 unspecified atom stereocenters. The first kappa shape index (κ1) is 10.7. The molecule has 0 aromatic carbocycles. The predicted molar refractivity (Wildman–Crippen MR) is 55.0 cm³/mol. The Kier molecular flexibility index (Phi) is 4.12. The van der Waals surface area contributed by atoms with Crippen molar-refractivity contribution in [3.63, 3.8) is 0 Å². The molecule has 1 rings (SSSR count). The van der Waals surface area contributed by atoms with E-state index in [-0.39, 0.29) is 0 Å². The number of ether oxygens (including phenoxy) is 1. The molecule has 0 bridgehead atoms. The zero-order chi connectivity index (χ0) is 10.4. The topological polar surface area (TPSA) is 73.1 Å². The van der Waals surface area contributed by atoms with Crippen molar-refractivity contribution in [1.29, 1.82) is 0 Å². The lowest BCUT2D eigenvalue weighted by Gasteiger charge is -2.06. The van der Waals surface area contributed by atoms with Gasteiger partial charge in [-0.05, 0) is 13.3 Å². The van der Waals surface area contributed by atoms with Crippen molar-refractivity contribution in [1.82, 2.24) is 9.97 Å². The Balaban J connectivity index is 2.62. The quantitative estimate of drug-likeness (QED) is 0.421. The number of nitrogen functional groups attached to an aromatic ring is 1. The van der Waals surface area contributed by atoms with Crippen LogP contribution in [0.4, 0.5) is 5.82 Å². The highest BCUT2D eigenvalue weighted by Crippen LogP contribution is 2.12. The maximum Gasteiger partial charge on any atom is 0.218 e. The average molecular weight is 196 g/mol. The van der Waals surface area contributed by atoms with Gasteiger partial charge < -0.3 is 10.2 Å². The van der Waals surface area contributed by atoms with Crippen LogP contribution in [-0.4, -0.2) is 16.6 Å². The number of hydrogen-bond donors (Lipinski definition) is 2. The number of nitrogens with zero attached hydrogens (tertiary/aromatic N) is 2. The average Bonchev–Trinajstić information content (AvgIpc) is 2.17. The largest absolute Gasteiger partial charge is 0.478 e. The highest BCUT2D eigenvalue weighted by atomic mass is 16.5. The normalized spacial score (nSPS) is 9.93. The molecule has 0 aliphatic carbocycles. The number of aromatic nitrogens is 2. The molecule has 0 spiro atoms. The molecule has 0 saturated heterocycles. The fourth-order valence-electron chi connectivity index (χ4n) is 1.01. The summed E-state index contributed by atoms with van der Waals surface area (Å²) in [6, 6.07) is 1.68. The monoisotopic (exact) mass is 196 g/mol. The smallest absolute Gasteiger partial charge is 0.218 e. The summed E-state index contributed by atoms with van der Waals surface area (Å²) in [6.07, 6.45) is 2.13. The summed E-state index contributed by atoms with van der Waals surface area (Å²) in [5.74, 6) is 7.03. The van der Waals surface area contributed by atoms with Crippen LogP contribution in [0.5, 0.6) is 5.88 Å². The first-order chi connectivity index (χ1) is 6.76. The Morgan fingerprint density at radius 2 is 2.29 bits per heavy atom. The molecule has 0 aliphatic rings. The van der Waals surface area contributed by atoms with E-state index in [2.05, 4.69) is 22.3 Å². The number of hydrogen-bond acceptors (Lipinski definition) is 5. The van der Waals surface area contributed by atoms with Gasteiger partial charge in [0.25, 0.3) is 0 Å². The van der Waals surface area contributed by atoms with Gasteiger partial charge in [0.1, 0.15) is 11.6 Å². The minimum absolute atomic E-state index is 0.568. The van der Waals surface area contributed by atoms with E-state index in [0.717, 1.165) is 12.8 Å². The Bertz CT molecular complexity index is 290. The van der Waals surface area contributed by atoms with Crippen molar-refractivity contribution < 1.29 is 4.74 Å². The molecular weight excluding hydrogens is 180 g/mol. The summed E-state index contributed by atoms with van der Waals surface area (Å²) in [5.41, 5.74) is 2.47. The van der Waals surface area contributed by atoms with Gasteiger partial charge in [-0.3, -0.25) is 0 Å². The second-order valence-electron chi connectivity index (χ2n) is 2.98. The fourth-order valence-corrected chi connectivity index (χ4v) is 1.01. The van der Waals surface area contributed by atoms with Crippen LogP contribution in [0.1, 0.15) is 25.6 Å². The van der Waals surface area contributed by atoms with E-state index >= 15 is 0 Å². The third-order valence-electron chi connectivity index (χ3n) is 1.71. The number of hydrazine groups is 1. The molecule has 1 aromatic heterocycles. The van der Waals surface area contributed by atoms with Crippen LogP contribution in [0.15, 0.2) is 6.07 Å². The number of nitrogens with two attached hydrogens (primary N) is 1. The lowest BCUT2D eigenvalue weighted by molar-refractivity contribution is 0.297. The van der Waals surface area contributed by atoms with Crippen molar-refractivity contribution in [3.05, 3.63) is 11.9 Å². The first-order valence-corrected chi connectivity index (χ1v) is 4.71. The number of nitrogens with one attached hydrogen (secondary N) is 1. The molecule has 5 heteroatoms. The molecule has 14 heavy (non-hydrogen) atoms. The van der Waals surface area contributed by atoms with Crippen LogP contribution in [0, 0.1) is 6.92 Å². The van der Waals surface area contributed by atoms with Gasteiger partial charge in [-0.2, -0.15) is 4.98 Å². The third kappa shape index (κ3) is 3.18. The van der Waals surface area contributed by atoms with Crippen LogP contribution in [-0.2, 0) is 0 Å². The van der Waals surface area contributed by atoms with Gasteiger partial charge in [-0.15, -0.1) is 0 Å². The van der Waals surface area contributed by atoms with E-state index in [1.165, 1.54) is 0 Å². The maximum absolute atomic E-state index is 5.42. The summed E-state index contributed by atoms with van der Waals surface area (Å²) in [5, 5.41) is 0. The molecule has 1 aromatic rings. The molecule has 0 amide bonds. The summed E-state index contributed by atoms with van der Waals surface area (Å²) >= 11 is 0. The number of unbranched alkanes of at least 4 members (excludes halogenated alkanes) is 1. The van der Waals surface area contributed by atoms with Crippen LogP contribution in [0.2, 0.25) is 0 Å². The lowest BCUT2D eigenvalue weighted by Crippen LogP contribution is -2.10. The van der Waals surface area contributed by atoms with Gasteiger partial charge in [0.2, 0.25) is 5.88 Å². The van der Waals surface area contributed by atoms with E-state index in [1.807, 2.05) is 0 Å². The maximum atomic E-state index is 5.42. The van der Waals surface area contributed by atoms with Gasteiger partial charge in [0.05, 0.1) is 6.61 Å². The molecular formula is C9H16N4O. The van der Waals surface area contributed by atoms with E-state index in [0.29, 0.717) is 24.1 Å². The van der Waals surface area contributed by atoms with E-state index in [4.69, 9.17) is 10.6 Å². The standard InChI is InChI=1S/C9H16N4O/c1-3-4-5-14-9-6-8(13-10)11-7(2)12-9/h6H,3-5,10H2,1-2H3,(H,11,12,13). The van der Waals surface area contributed by atoms with E-state index < -0.39 is 0 Å². The molecule has 3 N–H and O–H groups in total. The van der Waals surface area contributed by atoms with Gasteiger partial charge >= 0.3 is 0 Å². The second-order valence-corrected chi connectivity index (χ2v) is 2.98. The van der Waals surface area contributed by atoms with Crippen molar-refractivity contribution in [2.75, 3.05) is 12.0 Å². The molecule has 0 radical (unpaired) electrons. The summed E-state index contributed by atoms with van der Waals surface area (Å²) < 4.78 is 5.42. The Labute approximate surface area is 83.7 Å². The minimum atomic E-state index is 0.568. The van der Waals surface area contributed by atoms with Crippen molar-refractivity contribution >= 4 is 5.82 Å². The Hall–Kier alpha value is -1.36. The molecule has 0 atom stereocenters. The zero-order valence-corrected chi connectivity index (χ0v) is 8.58. The predicted octanol–water partition coefficient (Wildman–Crippen LogP) is 1.25. The summed E-state index contributed by atoms with van der Waals surface area (Å²) in [4.78, 5) is 8.18. The SMILES string of the molecule is CCCCOc1cc(NN)nc(C)n1. The zero-order valence-electron chi connectivity index (χ0n) is 8.58. The van der Waals surface area contributed by atoms with Crippen LogP contribution >= 0.6 is 0 Å². The number of anilines is 1. The lowest BCUT2D eigenvalue weighted by atomic mass is 10.4. The van der Waals surface area contributed by atoms with Crippen molar-refractivity contribution in [2.45, 2.75) is 26.7 Å². The van der Waals surface area contributed by atoms with Gasteiger partial charge in [-0.1, -0.05) is 13.3 Å².